The summed E-state index contributed by atoms with van der Waals surface area (Å²) < 4.78 is 13.6. The smallest absolute Gasteiger partial charge is 0.254 e. The van der Waals surface area contributed by atoms with Gasteiger partial charge in [0, 0.05) is 18.0 Å². The molecule has 2 fully saturated rings. The molecule has 0 aliphatic carbocycles. The van der Waals surface area contributed by atoms with Crippen molar-refractivity contribution in [3.05, 3.63) is 95.8 Å². The van der Waals surface area contributed by atoms with Crippen molar-refractivity contribution in [1.29, 1.82) is 0 Å². The van der Waals surface area contributed by atoms with Crippen LogP contribution in [0.25, 0.3) is 11.1 Å². The third-order valence-electron chi connectivity index (χ3n) is 6.51. The van der Waals surface area contributed by atoms with Crippen LogP contribution in [0.2, 0.25) is 0 Å². The average molecular weight is 430 g/mol. The van der Waals surface area contributed by atoms with Crippen LogP contribution in [0, 0.1) is 5.82 Å². The van der Waals surface area contributed by atoms with Gasteiger partial charge >= 0.3 is 0 Å². The molecular formula is C26H23FN2O3. The van der Waals surface area contributed by atoms with E-state index in [1.54, 1.807) is 11.0 Å². The molecule has 3 aromatic carbocycles. The van der Waals surface area contributed by atoms with Crippen LogP contribution in [0.5, 0.6) is 0 Å². The number of carbonyl (C=O) groups excluding carboxylic acids is 2. The zero-order valence-corrected chi connectivity index (χ0v) is 17.4. The van der Waals surface area contributed by atoms with Crippen LogP contribution in [-0.4, -0.2) is 58.5 Å². The number of rotatable bonds is 4. The van der Waals surface area contributed by atoms with E-state index in [4.69, 9.17) is 0 Å². The molecule has 0 saturated carbocycles. The third-order valence-corrected chi connectivity index (χ3v) is 6.51. The lowest BCUT2D eigenvalue weighted by Gasteiger charge is -2.58. The van der Waals surface area contributed by atoms with E-state index in [1.807, 2.05) is 54.6 Å². The van der Waals surface area contributed by atoms with Gasteiger partial charge in [-0.15, -0.1) is 0 Å². The van der Waals surface area contributed by atoms with Gasteiger partial charge in [-0.1, -0.05) is 60.7 Å². The Hall–Kier alpha value is -3.51. The zero-order valence-electron chi connectivity index (χ0n) is 17.4. The van der Waals surface area contributed by atoms with Crippen LogP contribution in [-0.2, 0) is 4.79 Å². The van der Waals surface area contributed by atoms with E-state index in [-0.39, 0.29) is 48.5 Å². The first-order chi connectivity index (χ1) is 15.6. The number of hydrogen-bond acceptors (Lipinski definition) is 3. The van der Waals surface area contributed by atoms with Gasteiger partial charge in [-0.25, -0.2) is 4.39 Å². The number of hydrogen-bond donors (Lipinski definition) is 1. The minimum atomic E-state index is -0.485. The summed E-state index contributed by atoms with van der Waals surface area (Å²) in [6.45, 7) is 0.149. The highest BCUT2D eigenvalue weighted by Gasteiger charge is 2.54. The van der Waals surface area contributed by atoms with Crippen molar-refractivity contribution in [3.8, 4) is 11.1 Å². The summed E-state index contributed by atoms with van der Waals surface area (Å²) >= 11 is 0. The van der Waals surface area contributed by atoms with Crippen molar-refractivity contribution in [2.45, 2.75) is 18.0 Å². The third kappa shape index (κ3) is 3.46. The monoisotopic (exact) mass is 430 g/mol. The maximum atomic E-state index is 13.6. The number of benzene rings is 3. The fourth-order valence-electron chi connectivity index (χ4n) is 4.99. The Morgan fingerprint density at radius 3 is 2.38 bits per heavy atom. The summed E-state index contributed by atoms with van der Waals surface area (Å²) in [7, 11) is 0. The molecule has 32 heavy (non-hydrogen) atoms. The molecule has 6 heteroatoms. The summed E-state index contributed by atoms with van der Waals surface area (Å²) in [6.07, 6.45) is 0. The molecule has 2 aliphatic rings. The van der Waals surface area contributed by atoms with Gasteiger partial charge in [0.2, 0.25) is 5.91 Å². The molecule has 0 bridgehead atoms. The van der Waals surface area contributed by atoms with Crippen molar-refractivity contribution in [2.24, 2.45) is 0 Å². The Morgan fingerprint density at radius 2 is 1.69 bits per heavy atom. The normalized spacial score (nSPS) is 22.3. The Kier molecular flexibility index (Phi) is 5.23. The van der Waals surface area contributed by atoms with E-state index in [1.165, 1.54) is 23.1 Å². The Labute approximate surface area is 185 Å². The highest BCUT2D eigenvalue weighted by molar-refractivity contribution is 5.97. The van der Waals surface area contributed by atoms with Gasteiger partial charge in [-0.2, -0.15) is 0 Å². The summed E-state index contributed by atoms with van der Waals surface area (Å²) in [5.74, 6) is -1.11. The van der Waals surface area contributed by atoms with Gasteiger partial charge in [-0.05, 0) is 34.9 Å². The highest BCUT2D eigenvalue weighted by Crippen LogP contribution is 2.43. The number of nitrogens with zero attached hydrogens (tertiary/aromatic N) is 2. The molecule has 2 aliphatic heterocycles. The summed E-state index contributed by atoms with van der Waals surface area (Å²) in [6, 6.07) is 23.2. The van der Waals surface area contributed by atoms with E-state index in [0.717, 1.165) is 16.7 Å². The van der Waals surface area contributed by atoms with E-state index in [0.29, 0.717) is 6.54 Å². The SMILES string of the molecule is O=C(c1cccc(F)c1)N1CC(=O)N2[C@H](C1)[C@@H](c1ccc(-c3ccccc3)cc1)[C@@H]2CO. The van der Waals surface area contributed by atoms with Gasteiger partial charge in [0.1, 0.15) is 12.4 Å². The second-order valence-corrected chi connectivity index (χ2v) is 8.33. The molecule has 2 saturated heterocycles. The van der Waals surface area contributed by atoms with Crippen LogP contribution < -0.4 is 0 Å². The highest BCUT2D eigenvalue weighted by atomic mass is 19.1. The largest absolute Gasteiger partial charge is 0.394 e. The maximum Gasteiger partial charge on any atom is 0.254 e. The van der Waals surface area contributed by atoms with Crippen LogP contribution in [0.3, 0.4) is 0 Å². The van der Waals surface area contributed by atoms with Crippen LogP contribution in [0.1, 0.15) is 21.8 Å². The first-order valence-corrected chi connectivity index (χ1v) is 10.7. The molecule has 0 aromatic heterocycles. The van der Waals surface area contributed by atoms with Crippen LogP contribution >= 0.6 is 0 Å². The molecular weight excluding hydrogens is 407 g/mol. The molecule has 3 aromatic rings. The minimum Gasteiger partial charge on any atom is -0.394 e. The number of carbonyl (C=O) groups is 2. The standard InChI is InChI=1S/C26H23FN2O3/c27-21-8-4-7-20(13-21)26(32)28-14-22-25(23(16-30)29(22)24(31)15-28)19-11-9-18(10-12-19)17-5-2-1-3-6-17/h1-13,22-23,25,30H,14-16H2/t22-,23+,25-/m1/s1. The molecule has 3 atom stereocenters. The molecule has 5 rings (SSSR count). The molecule has 2 heterocycles. The summed E-state index contributed by atoms with van der Waals surface area (Å²) in [4.78, 5) is 28.9. The van der Waals surface area contributed by atoms with Crippen molar-refractivity contribution in [3.63, 3.8) is 0 Å². The Morgan fingerprint density at radius 1 is 0.969 bits per heavy atom. The first kappa shape index (κ1) is 20.4. The minimum absolute atomic E-state index is 0.0674. The number of fused-ring (bicyclic) bond motifs is 1. The van der Waals surface area contributed by atoms with Crippen molar-refractivity contribution in [2.75, 3.05) is 19.7 Å². The summed E-state index contributed by atoms with van der Waals surface area (Å²) in [5.41, 5.74) is 3.47. The van der Waals surface area contributed by atoms with E-state index >= 15 is 0 Å². The van der Waals surface area contributed by atoms with E-state index in [9.17, 15) is 19.1 Å². The summed E-state index contributed by atoms with van der Waals surface area (Å²) in [5, 5.41) is 9.97. The molecule has 0 unspecified atom stereocenters. The van der Waals surface area contributed by atoms with Crippen LogP contribution in [0.15, 0.2) is 78.9 Å². The number of aliphatic hydroxyl groups excluding tert-OH is 1. The fourth-order valence-corrected chi connectivity index (χ4v) is 4.99. The second-order valence-electron chi connectivity index (χ2n) is 8.33. The topological polar surface area (TPSA) is 60.9 Å². The molecule has 0 radical (unpaired) electrons. The lowest BCUT2D eigenvalue weighted by Crippen LogP contribution is -2.73. The van der Waals surface area contributed by atoms with Crippen LogP contribution in [0.4, 0.5) is 4.39 Å². The van der Waals surface area contributed by atoms with E-state index < -0.39 is 5.82 Å². The number of amides is 2. The quantitative estimate of drug-likeness (QED) is 0.691. The lowest BCUT2D eigenvalue weighted by molar-refractivity contribution is -0.159. The zero-order chi connectivity index (χ0) is 22.2. The van der Waals surface area contributed by atoms with Gasteiger partial charge in [0.25, 0.3) is 5.91 Å². The van der Waals surface area contributed by atoms with Gasteiger partial charge in [-0.3, -0.25) is 9.59 Å². The first-order valence-electron chi connectivity index (χ1n) is 10.7. The molecule has 162 valence electrons. The number of piperazine rings is 1. The second kappa shape index (κ2) is 8.20. The van der Waals surface area contributed by atoms with Gasteiger partial charge < -0.3 is 14.9 Å². The van der Waals surface area contributed by atoms with Crippen molar-refractivity contribution >= 4 is 11.8 Å². The molecule has 2 amide bonds. The maximum absolute atomic E-state index is 13.6. The Bertz CT molecular complexity index is 1150. The molecule has 5 nitrogen and oxygen atoms in total. The van der Waals surface area contributed by atoms with Crippen molar-refractivity contribution in [1.82, 2.24) is 9.80 Å². The van der Waals surface area contributed by atoms with Gasteiger partial charge in [0.15, 0.2) is 0 Å². The average Bonchev–Trinajstić information content (AvgIpc) is 2.81. The lowest BCUT2D eigenvalue weighted by atomic mass is 9.73. The van der Waals surface area contributed by atoms with Gasteiger partial charge in [0.05, 0.1) is 18.7 Å². The van der Waals surface area contributed by atoms with E-state index in [2.05, 4.69) is 0 Å². The Balaban J connectivity index is 1.39. The predicted molar refractivity (Wildman–Crippen MR) is 118 cm³/mol. The predicted octanol–water partition coefficient (Wildman–Crippen LogP) is 3.30. The molecule has 1 N–H and O–H groups in total. The number of halogens is 1. The van der Waals surface area contributed by atoms with Crippen molar-refractivity contribution < 1.29 is 19.1 Å². The number of aliphatic hydroxyl groups is 1. The fraction of sp³-hybridized carbons (Fsp3) is 0.231. The molecule has 0 spiro atoms.